The van der Waals surface area contributed by atoms with Gasteiger partial charge in [0.2, 0.25) is 0 Å². The molecule has 0 unspecified atom stereocenters. The number of carbonyl (C=O) groups excluding carboxylic acids is 1. The van der Waals surface area contributed by atoms with E-state index < -0.39 is 0 Å². The van der Waals surface area contributed by atoms with Crippen LogP contribution in [-0.2, 0) is 6.54 Å². The van der Waals surface area contributed by atoms with E-state index >= 15 is 0 Å². The van der Waals surface area contributed by atoms with Crippen LogP contribution in [0.3, 0.4) is 0 Å². The topological polar surface area (TPSA) is 51.4 Å². The molecule has 1 aromatic heterocycles. The summed E-state index contributed by atoms with van der Waals surface area (Å²) in [5, 5.41) is 4.30. The van der Waals surface area contributed by atoms with Gasteiger partial charge in [0.1, 0.15) is 0 Å². The van der Waals surface area contributed by atoms with Crippen molar-refractivity contribution in [3.63, 3.8) is 0 Å². The van der Waals surface area contributed by atoms with E-state index in [2.05, 4.69) is 33.4 Å². The third kappa shape index (κ3) is 2.71. The minimum atomic E-state index is 0.0930. The number of nitrogens with zero attached hydrogens (tertiary/aromatic N) is 2. The Balaban J connectivity index is 1.20. The smallest absolute Gasteiger partial charge is 0.317 e. The Bertz CT molecular complexity index is 752. The molecule has 3 aliphatic rings. The molecule has 5 heteroatoms. The van der Waals surface area contributed by atoms with Crippen molar-refractivity contribution in [1.82, 2.24) is 20.1 Å². The van der Waals surface area contributed by atoms with Crippen molar-refractivity contribution >= 4 is 16.9 Å². The van der Waals surface area contributed by atoms with E-state index in [-0.39, 0.29) is 6.03 Å². The first-order valence-corrected chi connectivity index (χ1v) is 9.61. The van der Waals surface area contributed by atoms with Crippen LogP contribution in [0.25, 0.3) is 10.9 Å². The lowest BCUT2D eigenvalue weighted by Gasteiger charge is -2.33. The zero-order valence-corrected chi connectivity index (χ0v) is 14.6. The van der Waals surface area contributed by atoms with Crippen LogP contribution in [0.2, 0.25) is 0 Å². The molecule has 2 N–H and O–H groups in total. The van der Waals surface area contributed by atoms with Crippen molar-refractivity contribution in [2.45, 2.75) is 31.8 Å². The Hall–Kier alpha value is -2.01. The van der Waals surface area contributed by atoms with Gasteiger partial charge in [-0.05, 0) is 48.7 Å². The Morgan fingerprint density at radius 3 is 3.04 bits per heavy atom. The van der Waals surface area contributed by atoms with Gasteiger partial charge in [-0.15, -0.1) is 0 Å². The predicted molar refractivity (Wildman–Crippen MR) is 98.3 cm³/mol. The first kappa shape index (κ1) is 15.3. The van der Waals surface area contributed by atoms with E-state index in [1.54, 1.807) is 0 Å². The first-order chi connectivity index (χ1) is 12.3. The molecule has 3 saturated heterocycles. The predicted octanol–water partition coefficient (Wildman–Crippen LogP) is 2.79. The van der Waals surface area contributed by atoms with E-state index in [9.17, 15) is 4.79 Å². The number of rotatable bonds is 2. The van der Waals surface area contributed by atoms with Crippen LogP contribution in [0, 0.1) is 11.8 Å². The van der Waals surface area contributed by atoms with Crippen molar-refractivity contribution in [2.24, 2.45) is 11.8 Å². The second kappa shape index (κ2) is 6.06. The average molecular weight is 338 g/mol. The molecule has 0 bridgehead atoms. The molecule has 2 amide bonds. The second-order valence-corrected chi connectivity index (χ2v) is 7.93. The van der Waals surface area contributed by atoms with Crippen molar-refractivity contribution in [2.75, 3.05) is 26.2 Å². The van der Waals surface area contributed by atoms with Gasteiger partial charge in [-0.25, -0.2) is 4.79 Å². The molecule has 3 atom stereocenters. The van der Waals surface area contributed by atoms with Gasteiger partial charge in [0, 0.05) is 36.9 Å². The molecule has 3 aliphatic heterocycles. The van der Waals surface area contributed by atoms with Gasteiger partial charge >= 0.3 is 6.03 Å². The lowest BCUT2D eigenvalue weighted by atomic mass is 9.90. The number of fused-ring (bicyclic) bond motifs is 4. The highest BCUT2D eigenvalue weighted by Gasteiger charge is 2.48. The molecule has 4 heterocycles. The molecule has 3 fully saturated rings. The third-order valence-corrected chi connectivity index (χ3v) is 6.42. The molecular formula is C20H26N4O. The van der Waals surface area contributed by atoms with Crippen LogP contribution < -0.4 is 5.32 Å². The summed E-state index contributed by atoms with van der Waals surface area (Å²) < 4.78 is 0. The number of nitrogens with one attached hydrogen (secondary N) is 2. The third-order valence-electron chi connectivity index (χ3n) is 6.42. The summed E-state index contributed by atoms with van der Waals surface area (Å²) in [4.78, 5) is 20.7. The lowest BCUT2D eigenvalue weighted by molar-refractivity contribution is 0.154. The molecule has 0 aliphatic carbocycles. The minimum Gasteiger partial charge on any atom is -0.357 e. The standard InChI is InChI=1S/C20H26N4O/c25-20(21-10-16-9-14-5-1-2-6-18(14)22-16)24-12-15-11-23-8-4-3-7-19(23)17(15)13-24/h1-2,5-6,9,15,17,19,22H,3-4,7-8,10-13H2,(H,21,25)/t15-,17+,19+/m0/s1. The summed E-state index contributed by atoms with van der Waals surface area (Å²) in [6.45, 7) is 4.89. The van der Waals surface area contributed by atoms with Crippen LogP contribution in [0.15, 0.2) is 30.3 Å². The maximum Gasteiger partial charge on any atom is 0.317 e. The Kier molecular flexibility index (Phi) is 3.70. The number of carbonyl (C=O) groups is 1. The average Bonchev–Trinajstić information content (AvgIpc) is 3.31. The molecule has 1 aromatic carbocycles. The van der Waals surface area contributed by atoms with E-state index in [1.807, 2.05) is 17.0 Å². The molecule has 2 aromatic rings. The number of amides is 2. The maximum absolute atomic E-state index is 12.6. The monoisotopic (exact) mass is 338 g/mol. The molecular weight excluding hydrogens is 312 g/mol. The van der Waals surface area contributed by atoms with Crippen LogP contribution in [0.1, 0.15) is 25.0 Å². The van der Waals surface area contributed by atoms with Crippen LogP contribution in [-0.4, -0.2) is 53.0 Å². The summed E-state index contributed by atoms with van der Waals surface area (Å²) >= 11 is 0. The summed E-state index contributed by atoms with van der Waals surface area (Å²) in [5.41, 5.74) is 2.19. The molecule has 0 saturated carbocycles. The van der Waals surface area contributed by atoms with Gasteiger partial charge in [0.25, 0.3) is 0 Å². The van der Waals surface area contributed by atoms with Crippen molar-refractivity contribution < 1.29 is 4.79 Å². The number of H-pyrrole nitrogens is 1. The number of hydrogen-bond donors (Lipinski definition) is 2. The van der Waals surface area contributed by atoms with E-state index in [4.69, 9.17) is 0 Å². The van der Waals surface area contributed by atoms with E-state index in [1.165, 1.54) is 37.7 Å². The Morgan fingerprint density at radius 1 is 1.20 bits per heavy atom. The number of benzene rings is 1. The minimum absolute atomic E-state index is 0.0930. The lowest BCUT2D eigenvalue weighted by Crippen LogP contribution is -2.43. The molecule has 25 heavy (non-hydrogen) atoms. The van der Waals surface area contributed by atoms with Crippen molar-refractivity contribution in [1.29, 1.82) is 0 Å². The molecule has 0 radical (unpaired) electrons. The number of aromatic nitrogens is 1. The number of para-hydroxylation sites is 1. The van der Waals surface area contributed by atoms with Crippen LogP contribution in [0.4, 0.5) is 4.79 Å². The number of hydrogen-bond acceptors (Lipinski definition) is 2. The zero-order chi connectivity index (χ0) is 16.8. The maximum atomic E-state index is 12.6. The second-order valence-electron chi connectivity index (χ2n) is 7.93. The van der Waals surface area contributed by atoms with Crippen LogP contribution in [0.5, 0.6) is 0 Å². The Morgan fingerprint density at radius 2 is 2.12 bits per heavy atom. The molecule has 132 valence electrons. The highest BCUT2D eigenvalue weighted by Crippen LogP contribution is 2.40. The van der Waals surface area contributed by atoms with Crippen molar-refractivity contribution in [3.8, 4) is 0 Å². The summed E-state index contributed by atoms with van der Waals surface area (Å²) in [6.07, 6.45) is 4.04. The highest BCUT2D eigenvalue weighted by molar-refractivity contribution is 5.80. The summed E-state index contributed by atoms with van der Waals surface area (Å²) in [6, 6.07) is 11.2. The highest BCUT2D eigenvalue weighted by atomic mass is 16.2. The summed E-state index contributed by atoms with van der Waals surface area (Å²) in [7, 11) is 0. The Labute approximate surface area is 148 Å². The van der Waals surface area contributed by atoms with Crippen molar-refractivity contribution in [3.05, 3.63) is 36.0 Å². The van der Waals surface area contributed by atoms with Gasteiger partial charge in [-0.3, -0.25) is 4.90 Å². The number of aromatic amines is 1. The van der Waals surface area contributed by atoms with Gasteiger partial charge in [-0.2, -0.15) is 0 Å². The molecule has 5 rings (SSSR count). The van der Waals surface area contributed by atoms with E-state index in [0.29, 0.717) is 18.4 Å². The fourth-order valence-corrected chi connectivity index (χ4v) is 5.23. The van der Waals surface area contributed by atoms with E-state index in [0.717, 1.165) is 30.3 Å². The SMILES string of the molecule is O=C(NCc1cc2ccccc2[nH]1)N1C[C@@H]2CN3CCCC[C@@H]3[C@@H]2C1. The van der Waals surface area contributed by atoms with Crippen LogP contribution >= 0.6 is 0 Å². The quantitative estimate of drug-likeness (QED) is 0.885. The fourth-order valence-electron chi connectivity index (χ4n) is 5.23. The van der Waals surface area contributed by atoms with Gasteiger partial charge < -0.3 is 15.2 Å². The first-order valence-electron chi connectivity index (χ1n) is 9.61. The number of piperidine rings is 1. The molecule has 5 nitrogen and oxygen atoms in total. The normalized spacial score (nSPS) is 29.0. The number of likely N-dealkylation sites (tertiary alicyclic amines) is 1. The molecule has 0 spiro atoms. The largest absolute Gasteiger partial charge is 0.357 e. The number of urea groups is 1. The zero-order valence-electron chi connectivity index (χ0n) is 14.6. The van der Waals surface area contributed by atoms with Gasteiger partial charge in [0.15, 0.2) is 0 Å². The van der Waals surface area contributed by atoms with Gasteiger partial charge in [-0.1, -0.05) is 24.6 Å². The van der Waals surface area contributed by atoms with Gasteiger partial charge in [0.05, 0.1) is 6.54 Å². The fraction of sp³-hybridized carbons (Fsp3) is 0.550. The summed E-state index contributed by atoms with van der Waals surface area (Å²) in [5.74, 6) is 1.38.